The Bertz CT molecular complexity index is 1120. The number of rotatable bonds is 9. The summed E-state index contributed by atoms with van der Waals surface area (Å²) in [7, 11) is 0. The van der Waals surface area contributed by atoms with Crippen molar-refractivity contribution in [2.45, 2.75) is 28.3 Å². The van der Waals surface area contributed by atoms with Crippen LogP contribution in [0, 0.1) is 0 Å². The molecule has 0 aliphatic carbocycles. The van der Waals surface area contributed by atoms with E-state index in [9.17, 15) is 9.59 Å². The molecule has 0 aliphatic heterocycles. The van der Waals surface area contributed by atoms with Crippen LogP contribution in [-0.4, -0.2) is 33.5 Å². The molecule has 0 radical (unpaired) electrons. The predicted octanol–water partition coefficient (Wildman–Crippen LogP) is 5.04. The smallest absolute Gasteiger partial charge is 0.308 e. The Morgan fingerprint density at radius 1 is 1.06 bits per heavy atom. The van der Waals surface area contributed by atoms with Crippen LogP contribution in [-0.2, 0) is 15.3 Å². The number of nitrogens with one attached hydrogen (secondary N) is 1. The molecule has 7 nitrogen and oxygen atoms in total. The van der Waals surface area contributed by atoms with Gasteiger partial charge in [-0.05, 0) is 48.4 Å². The van der Waals surface area contributed by atoms with Crippen molar-refractivity contribution in [2.75, 3.05) is 5.75 Å². The molecule has 0 aliphatic rings. The summed E-state index contributed by atoms with van der Waals surface area (Å²) in [6.45, 7) is 3.12. The molecular weight excluding hydrogens is 488 g/mol. The lowest BCUT2D eigenvalue weighted by molar-refractivity contribution is -0.131. The standard InChI is InChI=1S/C21H19ClN4O3S3/c1-13(15-7-9-17(10-8-15)29-14(2)27)23-24-19(28)12-31-21-26-25-20(32-21)30-11-16-5-3-4-6-18(16)22/h3-10H,11-12H2,1-2H3,(H,24,28)/b23-13+. The first-order chi connectivity index (χ1) is 15.4. The third-order valence-electron chi connectivity index (χ3n) is 3.91. The Morgan fingerprint density at radius 3 is 2.44 bits per heavy atom. The zero-order valence-corrected chi connectivity index (χ0v) is 20.4. The first-order valence-corrected chi connectivity index (χ1v) is 12.5. The summed E-state index contributed by atoms with van der Waals surface area (Å²) < 4.78 is 6.53. The number of esters is 1. The van der Waals surface area contributed by atoms with E-state index in [-0.39, 0.29) is 17.6 Å². The molecule has 0 bridgehead atoms. The molecule has 0 unspecified atom stereocenters. The van der Waals surface area contributed by atoms with Gasteiger partial charge < -0.3 is 4.74 Å². The number of carbonyl (C=O) groups excluding carboxylic acids is 2. The number of hydrogen-bond donors (Lipinski definition) is 1. The second-order valence-corrected chi connectivity index (χ2v) is 10.2. The lowest BCUT2D eigenvalue weighted by atomic mass is 10.1. The molecule has 0 saturated carbocycles. The van der Waals surface area contributed by atoms with Gasteiger partial charge in [0.05, 0.1) is 11.5 Å². The molecule has 1 amide bonds. The molecule has 32 heavy (non-hydrogen) atoms. The van der Waals surface area contributed by atoms with Crippen molar-refractivity contribution in [2.24, 2.45) is 5.10 Å². The van der Waals surface area contributed by atoms with Crippen molar-refractivity contribution in [3.05, 3.63) is 64.7 Å². The molecule has 11 heteroatoms. The van der Waals surface area contributed by atoms with Crippen LogP contribution in [0.25, 0.3) is 0 Å². The lowest BCUT2D eigenvalue weighted by Gasteiger charge is -2.04. The lowest BCUT2D eigenvalue weighted by Crippen LogP contribution is -2.21. The first kappa shape index (κ1) is 24.2. The summed E-state index contributed by atoms with van der Waals surface area (Å²) in [6.07, 6.45) is 0. The number of hydrogen-bond acceptors (Lipinski definition) is 9. The van der Waals surface area contributed by atoms with Crippen LogP contribution < -0.4 is 10.2 Å². The second-order valence-electron chi connectivity index (χ2n) is 6.35. The molecule has 0 spiro atoms. The van der Waals surface area contributed by atoms with Crippen molar-refractivity contribution in [3.8, 4) is 5.75 Å². The number of nitrogens with zero attached hydrogens (tertiary/aromatic N) is 3. The van der Waals surface area contributed by atoms with Crippen molar-refractivity contribution in [1.82, 2.24) is 15.6 Å². The van der Waals surface area contributed by atoms with Crippen LogP contribution in [0.15, 0.2) is 62.3 Å². The molecule has 166 valence electrons. The SMILES string of the molecule is CC(=O)Oc1ccc(/C(C)=N/NC(=O)CSc2nnc(SCc3ccccc3Cl)s2)cc1. The molecule has 2 aromatic carbocycles. The van der Waals surface area contributed by atoms with E-state index in [0.717, 1.165) is 20.5 Å². The molecule has 3 rings (SSSR count). The predicted molar refractivity (Wildman–Crippen MR) is 130 cm³/mol. The highest BCUT2D eigenvalue weighted by molar-refractivity contribution is 8.03. The van der Waals surface area contributed by atoms with Crippen LogP contribution in [0.1, 0.15) is 25.0 Å². The Labute approximate surface area is 203 Å². The highest BCUT2D eigenvalue weighted by Crippen LogP contribution is 2.32. The molecule has 3 aromatic rings. The summed E-state index contributed by atoms with van der Waals surface area (Å²) in [5.41, 5.74) is 5.01. The first-order valence-electron chi connectivity index (χ1n) is 9.35. The Balaban J connectivity index is 1.44. The fraction of sp³-hybridized carbons (Fsp3) is 0.190. The van der Waals surface area contributed by atoms with Crippen LogP contribution in [0.2, 0.25) is 5.02 Å². The minimum absolute atomic E-state index is 0.173. The van der Waals surface area contributed by atoms with Gasteiger partial charge in [-0.2, -0.15) is 5.10 Å². The minimum Gasteiger partial charge on any atom is -0.427 e. The average molecular weight is 507 g/mol. The fourth-order valence-electron chi connectivity index (χ4n) is 2.37. The molecular formula is C21H19ClN4O3S3. The third-order valence-corrected chi connectivity index (χ3v) is 7.51. The van der Waals surface area contributed by atoms with Crippen molar-refractivity contribution in [1.29, 1.82) is 0 Å². The van der Waals surface area contributed by atoms with Gasteiger partial charge in [-0.25, -0.2) is 5.43 Å². The van der Waals surface area contributed by atoms with Gasteiger partial charge in [-0.3, -0.25) is 9.59 Å². The molecule has 1 N–H and O–H groups in total. The third kappa shape index (κ3) is 7.63. The van der Waals surface area contributed by atoms with Gasteiger partial charge in [0, 0.05) is 17.7 Å². The fourth-order valence-corrected chi connectivity index (χ4v) is 5.47. The summed E-state index contributed by atoms with van der Waals surface area (Å²) in [4.78, 5) is 23.1. The topological polar surface area (TPSA) is 93.5 Å². The molecule has 1 aromatic heterocycles. The van der Waals surface area contributed by atoms with E-state index in [1.807, 2.05) is 24.3 Å². The molecule has 0 atom stereocenters. The number of amides is 1. The highest BCUT2D eigenvalue weighted by Gasteiger charge is 2.10. The van der Waals surface area contributed by atoms with Gasteiger partial charge in [-0.15, -0.1) is 10.2 Å². The second kappa shape index (κ2) is 12.0. The van der Waals surface area contributed by atoms with Gasteiger partial charge in [-0.1, -0.05) is 64.7 Å². The van der Waals surface area contributed by atoms with Crippen LogP contribution in [0.3, 0.4) is 0 Å². The van der Waals surface area contributed by atoms with Crippen molar-refractivity contribution < 1.29 is 14.3 Å². The van der Waals surface area contributed by atoms with E-state index in [1.54, 1.807) is 43.0 Å². The van der Waals surface area contributed by atoms with Gasteiger partial charge in [0.25, 0.3) is 5.91 Å². The average Bonchev–Trinajstić information content (AvgIpc) is 3.23. The number of aromatic nitrogens is 2. The summed E-state index contributed by atoms with van der Waals surface area (Å²) >= 11 is 10.5. The van der Waals surface area contributed by atoms with E-state index >= 15 is 0 Å². The Kier molecular flexibility index (Phi) is 9.10. The number of benzene rings is 2. The van der Waals surface area contributed by atoms with E-state index in [0.29, 0.717) is 21.6 Å². The van der Waals surface area contributed by atoms with Crippen LogP contribution >= 0.6 is 46.5 Å². The quantitative estimate of drug-likeness (QED) is 0.143. The van der Waals surface area contributed by atoms with Gasteiger partial charge in [0.15, 0.2) is 8.68 Å². The molecule has 0 saturated heterocycles. The zero-order valence-electron chi connectivity index (χ0n) is 17.2. The summed E-state index contributed by atoms with van der Waals surface area (Å²) in [5, 5.41) is 13.1. The van der Waals surface area contributed by atoms with Crippen LogP contribution in [0.5, 0.6) is 5.75 Å². The minimum atomic E-state index is -0.380. The van der Waals surface area contributed by atoms with E-state index in [1.165, 1.54) is 30.0 Å². The number of ether oxygens (including phenoxy) is 1. The van der Waals surface area contributed by atoms with Crippen molar-refractivity contribution in [3.63, 3.8) is 0 Å². The Hall–Kier alpha value is -2.40. The normalized spacial score (nSPS) is 11.3. The monoisotopic (exact) mass is 506 g/mol. The maximum atomic E-state index is 12.1. The van der Waals surface area contributed by atoms with E-state index in [4.69, 9.17) is 16.3 Å². The summed E-state index contributed by atoms with van der Waals surface area (Å²) in [6, 6.07) is 14.6. The van der Waals surface area contributed by atoms with Crippen molar-refractivity contribution >= 4 is 64.0 Å². The van der Waals surface area contributed by atoms with E-state index < -0.39 is 0 Å². The van der Waals surface area contributed by atoms with E-state index in [2.05, 4.69) is 20.7 Å². The molecule has 0 fully saturated rings. The maximum Gasteiger partial charge on any atom is 0.308 e. The maximum absolute atomic E-state index is 12.1. The van der Waals surface area contributed by atoms with Gasteiger partial charge in [0.1, 0.15) is 5.75 Å². The van der Waals surface area contributed by atoms with Gasteiger partial charge >= 0.3 is 5.97 Å². The number of hydrazone groups is 1. The number of carbonyl (C=O) groups is 2. The van der Waals surface area contributed by atoms with Gasteiger partial charge in [0.2, 0.25) is 0 Å². The zero-order chi connectivity index (χ0) is 22.9. The molecule has 1 heterocycles. The number of halogens is 1. The highest BCUT2D eigenvalue weighted by atomic mass is 35.5. The Morgan fingerprint density at radius 2 is 1.75 bits per heavy atom. The largest absolute Gasteiger partial charge is 0.427 e. The van der Waals surface area contributed by atoms with Crippen LogP contribution in [0.4, 0.5) is 0 Å². The summed E-state index contributed by atoms with van der Waals surface area (Å²) in [5.74, 6) is 0.707. The number of thioether (sulfide) groups is 2.